The molecule has 29 heavy (non-hydrogen) atoms. The van der Waals surface area contributed by atoms with Crippen LogP contribution < -0.4 is 5.32 Å². The third-order valence-corrected chi connectivity index (χ3v) is 7.03. The van der Waals surface area contributed by atoms with Crippen LogP contribution in [0.25, 0.3) is 0 Å². The molecule has 7 heteroatoms. The summed E-state index contributed by atoms with van der Waals surface area (Å²) in [7, 11) is -3.38. The van der Waals surface area contributed by atoms with E-state index >= 15 is 0 Å². The lowest BCUT2D eigenvalue weighted by Gasteiger charge is -2.26. The number of sulfonamides is 1. The normalized spacial score (nSPS) is 16.4. The van der Waals surface area contributed by atoms with Gasteiger partial charge < -0.3 is 10.1 Å². The molecule has 1 atom stereocenters. The first-order valence-electron chi connectivity index (χ1n) is 9.79. The maximum atomic E-state index is 12.6. The Morgan fingerprint density at radius 1 is 1.10 bits per heavy atom. The number of carbonyl (C=O) groups is 1. The SMILES string of the molecule is Cc1ccc(C)c([C@H](C)NC(=O)c2ccc(CS(=O)(=O)N3CCOCC3)cc2)c1. The lowest BCUT2D eigenvalue weighted by molar-refractivity contribution is 0.0729. The van der Waals surface area contributed by atoms with Crippen LogP contribution >= 0.6 is 0 Å². The number of aryl methyl sites for hydroxylation is 2. The molecular formula is C22H28N2O4S. The Morgan fingerprint density at radius 3 is 2.41 bits per heavy atom. The van der Waals surface area contributed by atoms with Crippen LogP contribution in [0, 0.1) is 13.8 Å². The predicted octanol–water partition coefficient (Wildman–Crippen LogP) is 2.96. The first-order chi connectivity index (χ1) is 13.8. The van der Waals surface area contributed by atoms with E-state index in [-0.39, 0.29) is 17.7 Å². The molecule has 2 aromatic carbocycles. The Kier molecular flexibility index (Phi) is 6.72. The summed E-state index contributed by atoms with van der Waals surface area (Å²) in [5.74, 6) is -0.255. The van der Waals surface area contributed by atoms with Gasteiger partial charge in [0.15, 0.2) is 0 Å². The van der Waals surface area contributed by atoms with E-state index in [1.165, 1.54) is 4.31 Å². The zero-order valence-corrected chi connectivity index (χ0v) is 18.0. The molecule has 2 aromatic rings. The molecule has 0 aliphatic carbocycles. The van der Waals surface area contributed by atoms with Crippen molar-refractivity contribution in [3.63, 3.8) is 0 Å². The zero-order valence-electron chi connectivity index (χ0n) is 17.1. The first-order valence-corrected chi connectivity index (χ1v) is 11.4. The minimum atomic E-state index is -3.38. The highest BCUT2D eigenvalue weighted by Crippen LogP contribution is 2.20. The molecule has 6 nitrogen and oxygen atoms in total. The molecule has 1 N–H and O–H groups in total. The number of benzene rings is 2. The summed E-state index contributed by atoms with van der Waals surface area (Å²) in [5, 5.41) is 3.02. The number of ether oxygens (including phenoxy) is 1. The fourth-order valence-corrected chi connectivity index (χ4v) is 4.96. The number of rotatable bonds is 6. The number of hydrogen-bond donors (Lipinski definition) is 1. The quantitative estimate of drug-likeness (QED) is 0.786. The van der Waals surface area contributed by atoms with Crippen molar-refractivity contribution < 1.29 is 17.9 Å². The number of nitrogens with one attached hydrogen (secondary N) is 1. The van der Waals surface area contributed by atoms with E-state index in [0.29, 0.717) is 37.4 Å². The van der Waals surface area contributed by atoms with Crippen molar-refractivity contribution in [2.75, 3.05) is 26.3 Å². The van der Waals surface area contributed by atoms with Crippen LogP contribution in [0.5, 0.6) is 0 Å². The molecule has 3 rings (SSSR count). The maximum Gasteiger partial charge on any atom is 0.251 e. The molecule has 0 bridgehead atoms. The minimum Gasteiger partial charge on any atom is -0.379 e. The average Bonchev–Trinajstić information content (AvgIpc) is 2.70. The molecule has 0 radical (unpaired) electrons. The van der Waals surface area contributed by atoms with Crippen LogP contribution in [-0.4, -0.2) is 44.9 Å². The predicted molar refractivity (Wildman–Crippen MR) is 113 cm³/mol. The van der Waals surface area contributed by atoms with Gasteiger partial charge in [0.2, 0.25) is 10.0 Å². The number of carbonyl (C=O) groups excluding carboxylic acids is 1. The Bertz CT molecular complexity index is 965. The van der Waals surface area contributed by atoms with Crippen molar-refractivity contribution in [1.82, 2.24) is 9.62 Å². The summed E-state index contributed by atoms with van der Waals surface area (Å²) < 4.78 is 31.7. The second kappa shape index (κ2) is 9.07. The Labute approximate surface area is 172 Å². The van der Waals surface area contributed by atoms with Crippen molar-refractivity contribution in [2.24, 2.45) is 0 Å². The van der Waals surface area contributed by atoms with Gasteiger partial charge in [-0.05, 0) is 49.6 Å². The fraction of sp³-hybridized carbons (Fsp3) is 0.409. The number of morpholine rings is 1. The van der Waals surface area contributed by atoms with Crippen molar-refractivity contribution in [1.29, 1.82) is 0 Å². The van der Waals surface area contributed by atoms with E-state index in [0.717, 1.165) is 16.7 Å². The highest BCUT2D eigenvalue weighted by molar-refractivity contribution is 7.88. The second-order valence-electron chi connectivity index (χ2n) is 7.52. The number of nitrogens with zero attached hydrogens (tertiary/aromatic N) is 1. The fourth-order valence-electron chi connectivity index (χ4n) is 3.46. The molecule has 1 fully saturated rings. The van der Waals surface area contributed by atoms with E-state index in [1.54, 1.807) is 24.3 Å². The summed E-state index contributed by atoms with van der Waals surface area (Å²) in [6.45, 7) is 7.65. The van der Waals surface area contributed by atoms with Gasteiger partial charge in [0.1, 0.15) is 0 Å². The van der Waals surface area contributed by atoms with Gasteiger partial charge in [-0.2, -0.15) is 4.31 Å². The maximum absolute atomic E-state index is 12.6. The van der Waals surface area contributed by atoms with E-state index in [2.05, 4.69) is 23.5 Å². The highest BCUT2D eigenvalue weighted by Gasteiger charge is 2.24. The first kappa shape index (κ1) is 21.5. The van der Waals surface area contributed by atoms with Crippen LogP contribution in [0.3, 0.4) is 0 Å². The van der Waals surface area contributed by atoms with Gasteiger partial charge in [-0.3, -0.25) is 4.79 Å². The summed E-state index contributed by atoms with van der Waals surface area (Å²) in [6, 6.07) is 12.8. The van der Waals surface area contributed by atoms with Gasteiger partial charge in [0.05, 0.1) is 25.0 Å². The third-order valence-electron chi connectivity index (χ3n) is 5.18. The Hall–Kier alpha value is -2.22. The van der Waals surface area contributed by atoms with Crippen LogP contribution in [0.1, 0.15) is 45.6 Å². The summed E-state index contributed by atoms with van der Waals surface area (Å²) in [4.78, 5) is 12.6. The van der Waals surface area contributed by atoms with Crippen molar-refractivity contribution in [3.8, 4) is 0 Å². The molecule has 1 aliphatic rings. The molecule has 1 heterocycles. The van der Waals surface area contributed by atoms with Crippen molar-refractivity contribution >= 4 is 15.9 Å². The molecule has 0 aromatic heterocycles. The van der Waals surface area contributed by atoms with Gasteiger partial charge in [-0.15, -0.1) is 0 Å². The molecule has 0 saturated carbocycles. The van der Waals surface area contributed by atoms with Gasteiger partial charge >= 0.3 is 0 Å². The lowest BCUT2D eigenvalue weighted by Crippen LogP contribution is -2.41. The molecule has 0 unspecified atom stereocenters. The average molecular weight is 417 g/mol. The van der Waals surface area contributed by atoms with E-state index in [1.807, 2.05) is 20.8 Å². The van der Waals surface area contributed by atoms with Gasteiger partial charge in [-0.25, -0.2) is 8.42 Å². The van der Waals surface area contributed by atoms with Gasteiger partial charge in [-0.1, -0.05) is 35.9 Å². The molecule has 0 spiro atoms. The van der Waals surface area contributed by atoms with Crippen LogP contribution in [0.4, 0.5) is 0 Å². The van der Waals surface area contributed by atoms with Crippen molar-refractivity contribution in [2.45, 2.75) is 32.6 Å². The molecule has 1 saturated heterocycles. The third kappa shape index (κ3) is 5.44. The van der Waals surface area contributed by atoms with Crippen LogP contribution in [-0.2, 0) is 20.5 Å². The summed E-state index contributed by atoms with van der Waals surface area (Å²) >= 11 is 0. The van der Waals surface area contributed by atoms with E-state index in [4.69, 9.17) is 4.74 Å². The Morgan fingerprint density at radius 2 is 1.76 bits per heavy atom. The molecule has 156 valence electrons. The largest absolute Gasteiger partial charge is 0.379 e. The summed E-state index contributed by atoms with van der Waals surface area (Å²) in [5.41, 5.74) is 4.54. The monoisotopic (exact) mass is 416 g/mol. The number of amides is 1. The topological polar surface area (TPSA) is 75.7 Å². The minimum absolute atomic E-state index is 0.0756. The van der Waals surface area contributed by atoms with Crippen LogP contribution in [0.2, 0.25) is 0 Å². The summed E-state index contributed by atoms with van der Waals surface area (Å²) in [6.07, 6.45) is 0. The van der Waals surface area contributed by atoms with E-state index in [9.17, 15) is 13.2 Å². The number of hydrogen-bond acceptors (Lipinski definition) is 4. The molecule has 1 aliphatic heterocycles. The lowest BCUT2D eigenvalue weighted by atomic mass is 9.99. The van der Waals surface area contributed by atoms with Gasteiger partial charge in [0, 0.05) is 18.7 Å². The van der Waals surface area contributed by atoms with Crippen LogP contribution in [0.15, 0.2) is 42.5 Å². The van der Waals surface area contributed by atoms with Gasteiger partial charge in [0.25, 0.3) is 5.91 Å². The standard InChI is InChI=1S/C22H28N2O4S/c1-16-4-5-17(2)21(14-16)18(3)23-22(25)20-8-6-19(7-9-20)15-29(26,27)24-10-12-28-13-11-24/h4-9,14,18H,10-13,15H2,1-3H3,(H,23,25)/t18-/m0/s1. The highest BCUT2D eigenvalue weighted by atomic mass is 32.2. The van der Waals surface area contributed by atoms with Crippen molar-refractivity contribution in [3.05, 3.63) is 70.3 Å². The second-order valence-corrected chi connectivity index (χ2v) is 9.49. The Balaban J connectivity index is 1.64. The van der Waals surface area contributed by atoms with E-state index < -0.39 is 10.0 Å². The molecule has 1 amide bonds. The smallest absolute Gasteiger partial charge is 0.251 e. The molecular weight excluding hydrogens is 388 g/mol. The zero-order chi connectivity index (χ0) is 21.0.